The summed E-state index contributed by atoms with van der Waals surface area (Å²) >= 11 is 0. The van der Waals surface area contributed by atoms with Gasteiger partial charge in [0.15, 0.2) is 6.10 Å². The Morgan fingerprint density at radius 1 is 0.300 bits per heavy atom. The highest BCUT2D eigenvalue weighted by molar-refractivity contribution is 5.71. The van der Waals surface area contributed by atoms with E-state index in [4.69, 9.17) is 14.2 Å². The van der Waals surface area contributed by atoms with Gasteiger partial charge in [-0.1, -0.05) is 287 Å². The van der Waals surface area contributed by atoms with Crippen molar-refractivity contribution in [1.82, 2.24) is 0 Å². The van der Waals surface area contributed by atoms with E-state index in [1.165, 1.54) is 180 Å². The lowest BCUT2D eigenvalue weighted by Crippen LogP contribution is -2.30. The number of carbonyl (C=O) groups is 3. The van der Waals surface area contributed by atoms with E-state index in [0.717, 1.165) is 89.9 Å². The molecule has 6 heteroatoms. The molecule has 1 atom stereocenters. The molecule has 0 aliphatic rings. The summed E-state index contributed by atoms with van der Waals surface area (Å²) in [7, 11) is 0. The molecule has 0 aliphatic carbocycles. The molecule has 0 aromatic heterocycles. The molecule has 0 fully saturated rings. The number of carbonyl (C=O) groups excluding carboxylic acids is 3. The van der Waals surface area contributed by atoms with Crippen LogP contribution in [-0.2, 0) is 28.6 Å². The molecule has 0 saturated carbocycles. The van der Waals surface area contributed by atoms with E-state index in [9.17, 15) is 14.4 Å². The van der Waals surface area contributed by atoms with Gasteiger partial charge in [-0.2, -0.15) is 0 Å². The van der Waals surface area contributed by atoms with Crippen LogP contribution in [-0.4, -0.2) is 37.2 Å². The highest BCUT2D eigenvalue weighted by Gasteiger charge is 2.19. The van der Waals surface area contributed by atoms with Gasteiger partial charge in [-0.15, -0.1) is 0 Å². The Kier molecular flexibility index (Phi) is 56.3. The molecule has 6 nitrogen and oxygen atoms in total. The van der Waals surface area contributed by atoms with E-state index in [2.05, 4.69) is 81.5 Å². The first kappa shape index (κ1) is 67.1. The summed E-state index contributed by atoms with van der Waals surface area (Å²) in [6.45, 7) is 6.53. The van der Waals surface area contributed by atoms with Crippen LogP contribution in [0.25, 0.3) is 0 Å². The van der Waals surface area contributed by atoms with Crippen LogP contribution < -0.4 is 0 Å². The molecular formula is C64H114O6. The van der Waals surface area contributed by atoms with Crippen molar-refractivity contribution < 1.29 is 28.6 Å². The Morgan fingerprint density at radius 3 is 0.871 bits per heavy atom. The van der Waals surface area contributed by atoms with Gasteiger partial charge < -0.3 is 14.2 Å². The molecule has 0 saturated heterocycles. The molecule has 0 aliphatic heterocycles. The summed E-state index contributed by atoms with van der Waals surface area (Å²) < 4.78 is 16.8. The molecule has 406 valence electrons. The smallest absolute Gasteiger partial charge is 0.306 e. The highest BCUT2D eigenvalue weighted by atomic mass is 16.6. The summed E-state index contributed by atoms with van der Waals surface area (Å²) in [5, 5.41) is 0. The minimum absolute atomic E-state index is 0.0704. The van der Waals surface area contributed by atoms with Gasteiger partial charge in [-0.05, 0) is 64.2 Å². The van der Waals surface area contributed by atoms with Crippen molar-refractivity contribution in [2.24, 2.45) is 0 Å². The van der Waals surface area contributed by atoms with Crippen LogP contribution in [0.1, 0.15) is 310 Å². The Labute approximate surface area is 434 Å². The van der Waals surface area contributed by atoms with E-state index in [1.807, 2.05) is 0 Å². The van der Waals surface area contributed by atoms with Gasteiger partial charge in [0.05, 0.1) is 0 Å². The van der Waals surface area contributed by atoms with Crippen LogP contribution in [0.4, 0.5) is 0 Å². The average Bonchev–Trinajstić information content (AvgIpc) is 3.36. The molecule has 0 spiro atoms. The number of rotatable bonds is 55. The zero-order valence-electron chi connectivity index (χ0n) is 46.5. The van der Waals surface area contributed by atoms with Gasteiger partial charge in [0.1, 0.15) is 13.2 Å². The van der Waals surface area contributed by atoms with Crippen molar-refractivity contribution in [3.05, 3.63) is 60.8 Å². The van der Waals surface area contributed by atoms with Gasteiger partial charge >= 0.3 is 17.9 Å². The van der Waals surface area contributed by atoms with E-state index in [0.29, 0.717) is 19.3 Å². The summed E-state index contributed by atoms with van der Waals surface area (Å²) in [6, 6.07) is 0. The van der Waals surface area contributed by atoms with Crippen molar-refractivity contribution >= 4 is 17.9 Å². The van der Waals surface area contributed by atoms with Crippen molar-refractivity contribution in [1.29, 1.82) is 0 Å². The first-order chi connectivity index (χ1) is 34.5. The van der Waals surface area contributed by atoms with Crippen molar-refractivity contribution in [3.63, 3.8) is 0 Å². The van der Waals surface area contributed by atoms with Crippen molar-refractivity contribution in [2.45, 2.75) is 316 Å². The number of esters is 3. The van der Waals surface area contributed by atoms with Crippen LogP contribution in [0.15, 0.2) is 60.8 Å². The third kappa shape index (κ3) is 56.0. The molecule has 0 amide bonds. The van der Waals surface area contributed by atoms with Gasteiger partial charge in [-0.3, -0.25) is 14.4 Å². The van der Waals surface area contributed by atoms with E-state index >= 15 is 0 Å². The van der Waals surface area contributed by atoms with Crippen LogP contribution >= 0.6 is 0 Å². The molecule has 0 rings (SSSR count). The lowest BCUT2D eigenvalue weighted by atomic mass is 10.0. The maximum Gasteiger partial charge on any atom is 0.306 e. The van der Waals surface area contributed by atoms with Gasteiger partial charge in [0, 0.05) is 19.3 Å². The average molecular weight is 980 g/mol. The third-order valence-electron chi connectivity index (χ3n) is 13.3. The normalized spacial score (nSPS) is 12.4. The zero-order valence-corrected chi connectivity index (χ0v) is 46.5. The maximum atomic E-state index is 12.8. The molecular weight excluding hydrogens is 865 g/mol. The lowest BCUT2D eigenvalue weighted by Gasteiger charge is -2.18. The molecule has 0 aromatic carbocycles. The van der Waals surface area contributed by atoms with Crippen LogP contribution in [0.5, 0.6) is 0 Å². The van der Waals surface area contributed by atoms with Gasteiger partial charge in [0.25, 0.3) is 0 Å². The number of hydrogen-bond acceptors (Lipinski definition) is 6. The van der Waals surface area contributed by atoms with E-state index < -0.39 is 6.10 Å². The summed E-state index contributed by atoms with van der Waals surface area (Å²) in [5.41, 5.74) is 0. The minimum atomic E-state index is -0.770. The highest BCUT2D eigenvalue weighted by Crippen LogP contribution is 2.17. The number of hydrogen-bond donors (Lipinski definition) is 0. The topological polar surface area (TPSA) is 78.9 Å². The Bertz CT molecular complexity index is 1260. The molecule has 0 radical (unpaired) electrons. The largest absolute Gasteiger partial charge is 0.462 e. The minimum Gasteiger partial charge on any atom is -0.462 e. The Hall–Kier alpha value is -2.89. The summed E-state index contributed by atoms with van der Waals surface area (Å²) in [5.74, 6) is -0.862. The number of ether oxygens (including phenoxy) is 3. The number of unbranched alkanes of at least 4 members (excludes halogenated alkanes) is 34. The fraction of sp³-hybridized carbons (Fsp3) is 0.797. The van der Waals surface area contributed by atoms with E-state index in [1.54, 1.807) is 0 Å². The second kappa shape index (κ2) is 58.7. The Balaban J connectivity index is 4.15. The first-order valence-corrected chi connectivity index (χ1v) is 30.3. The monoisotopic (exact) mass is 979 g/mol. The Morgan fingerprint density at radius 2 is 0.557 bits per heavy atom. The predicted octanol–water partition coefficient (Wildman–Crippen LogP) is 20.4. The molecule has 0 bridgehead atoms. The van der Waals surface area contributed by atoms with Crippen molar-refractivity contribution in [3.8, 4) is 0 Å². The maximum absolute atomic E-state index is 12.8. The molecule has 0 aromatic rings. The third-order valence-corrected chi connectivity index (χ3v) is 13.3. The van der Waals surface area contributed by atoms with E-state index in [-0.39, 0.29) is 31.1 Å². The number of allylic oxidation sites excluding steroid dienone is 10. The molecule has 1 unspecified atom stereocenters. The van der Waals surface area contributed by atoms with Crippen LogP contribution in [0.3, 0.4) is 0 Å². The van der Waals surface area contributed by atoms with Gasteiger partial charge in [0.2, 0.25) is 0 Å². The van der Waals surface area contributed by atoms with Crippen LogP contribution in [0, 0.1) is 0 Å². The van der Waals surface area contributed by atoms with Crippen LogP contribution in [0.2, 0.25) is 0 Å². The lowest BCUT2D eigenvalue weighted by molar-refractivity contribution is -0.167. The summed E-state index contributed by atoms with van der Waals surface area (Å²) in [4.78, 5) is 38.0. The SMILES string of the molecule is CC/C=C\C/C=C\C/C=C\C/C=C\C/C=C\CCCCCCCCCCCCCC(=O)OCC(COC(=O)CCCCCCCCCC)OC(=O)CCCCCCCCCCCCCCCCCCC. The second-order valence-electron chi connectivity index (χ2n) is 20.2. The fourth-order valence-electron chi connectivity index (χ4n) is 8.77. The zero-order chi connectivity index (χ0) is 50.7. The van der Waals surface area contributed by atoms with Gasteiger partial charge in [-0.25, -0.2) is 0 Å². The quantitative estimate of drug-likeness (QED) is 0.0261. The molecule has 70 heavy (non-hydrogen) atoms. The second-order valence-corrected chi connectivity index (χ2v) is 20.2. The standard InChI is InChI=1S/C64H114O6/c1-4-7-10-13-16-19-21-23-25-27-28-29-30-31-32-33-34-35-36-38-39-41-43-45-48-51-54-57-63(66)69-60-61(59-68-62(65)56-53-50-47-18-15-12-9-6-3)70-64(67)58-55-52-49-46-44-42-40-37-26-24-22-20-17-14-11-8-5-2/h7,10,16,19,23,25,28-29,31-32,61H,4-6,8-9,11-15,17-18,20-22,24,26-27,30,33-60H2,1-3H3/b10-7-,19-16-,25-23-,29-28-,32-31-. The predicted molar refractivity (Wildman–Crippen MR) is 302 cm³/mol. The fourth-order valence-corrected chi connectivity index (χ4v) is 8.77. The molecule has 0 heterocycles. The molecule has 0 N–H and O–H groups in total. The first-order valence-electron chi connectivity index (χ1n) is 30.3. The van der Waals surface area contributed by atoms with Crippen molar-refractivity contribution in [2.75, 3.05) is 13.2 Å². The summed E-state index contributed by atoms with van der Waals surface area (Å²) in [6.07, 6.45) is 73.8.